The van der Waals surface area contributed by atoms with Crippen molar-refractivity contribution in [3.05, 3.63) is 18.0 Å². The molecule has 0 atom stereocenters. The van der Waals surface area contributed by atoms with Gasteiger partial charge < -0.3 is 4.74 Å². The maximum absolute atomic E-state index is 11.2. The molecule has 0 aliphatic carbocycles. The minimum absolute atomic E-state index is 0.258. The standard InChI is InChI=1S/C8H10N2O3/c1-3-10-5-6(4-9-10)7(11)8(12)13-2/h4-5H,3H2,1-2H3. The van der Waals surface area contributed by atoms with Gasteiger partial charge in [-0.1, -0.05) is 0 Å². The molecule has 1 heterocycles. The Hall–Kier alpha value is -1.65. The maximum Gasteiger partial charge on any atom is 0.379 e. The van der Waals surface area contributed by atoms with E-state index in [2.05, 4.69) is 9.84 Å². The quantitative estimate of drug-likeness (QED) is 0.382. The number of nitrogens with zero attached hydrogens (tertiary/aromatic N) is 2. The Morgan fingerprint density at radius 3 is 2.77 bits per heavy atom. The predicted molar refractivity (Wildman–Crippen MR) is 44.2 cm³/mol. The third kappa shape index (κ3) is 1.93. The summed E-state index contributed by atoms with van der Waals surface area (Å²) in [6.07, 6.45) is 2.86. The number of rotatable bonds is 3. The molecule has 0 aliphatic heterocycles. The van der Waals surface area contributed by atoms with Crippen molar-refractivity contribution in [2.75, 3.05) is 7.11 Å². The lowest BCUT2D eigenvalue weighted by atomic mass is 10.2. The van der Waals surface area contributed by atoms with Gasteiger partial charge >= 0.3 is 5.97 Å². The summed E-state index contributed by atoms with van der Waals surface area (Å²) in [7, 11) is 1.17. The average molecular weight is 182 g/mol. The van der Waals surface area contributed by atoms with Gasteiger partial charge in [0, 0.05) is 12.7 Å². The Bertz CT molecular complexity index is 330. The number of ketones is 1. The molecule has 0 amide bonds. The van der Waals surface area contributed by atoms with Gasteiger partial charge in [-0.3, -0.25) is 9.48 Å². The molecule has 5 nitrogen and oxygen atoms in total. The van der Waals surface area contributed by atoms with E-state index >= 15 is 0 Å². The minimum atomic E-state index is -0.865. The van der Waals surface area contributed by atoms with Gasteiger partial charge in [0.15, 0.2) is 0 Å². The van der Waals surface area contributed by atoms with Crippen LogP contribution < -0.4 is 0 Å². The molecular weight excluding hydrogens is 172 g/mol. The molecule has 1 aromatic heterocycles. The van der Waals surface area contributed by atoms with E-state index in [1.54, 1.807) is 4.68 Å². The van der Waals surface area contributed by atoms with Crippen LogP contribution in [0, 0.1) is 0 Å². The topological polar surface area (TPSA) is 61.2 Å². The van der Waals surface area contributed by atoms with Crippen LogP contribution in [0.25, 0.3) is 0 Å². The summed E-state index contributed by atoms with van der Waals surface area (Å²) in [6, 6.07) is 0. The number of Topliss-reactive ketones (excluding diaryl/α,β-unsaturated/α-hetero) is 1. The van der Waals surface area contributed by atoms with Crippen LogP contribution in [-0.2, 0) is 16.1 Å². The SMILES string of the molecule is CCn1cc(C(=O)C(=O)OC)cn1. The van der Waals surface area contributed by atoms with Crippen molar-refractivity contribution in [1.82, 2.24) is 9.78 Å². The molecule has 1 aromatic rings. The third-order valence-electron chi connectivity index (χ3n) is 1.59. The molecule has 1 rings (SSSR count). The lowest BCUT2D eigenvalue weighted by Crippen LogP contribution is -2.14. The van der Waals surface area contributed by atoms with Crippen LogP contribution in [0.2, 0.25) is 0 Å². The second-order valence-electron chi connectivity index (χ2n) is 2.41. The first kappa shape index (κ1) is 9.44. The second-order valence-corrected chi connectivity index (χ2v) is 2.41. The number of ether oxygens (including phenoxy) is 1. The lowest BCUT2D eigenvalue weighted by Gasteiger charge is -1.93. The molecule has 0 aromatic carbocycles. The molecule has 0 radical (unpaired) electrons. The highest BCUT2D eigenvalue weighted by molar-refractivity contribution is 6.40. The summed E-state index contributed by atoms with van der Waals surface area (Å²) >= 11 is 0. The fraction of sp³-hybridized carbons (Fsp3) is 0.375. The fourth-order valence-electron chi connectivity index (χ4n) is 0.864. The number of hydrogen-bond acceptors (Lipinski definition) is 4. The molecule has 0 fully saturated rings. The predicted octanol–water partition coefficient (Wildman–Crippen LogP) is 0.259. The van der Waals surface area contributed by atoms with Crippen LogP contribution in [-0.4, -0.2) is 28.6 Å². The highest BCUT2D eigenvalue weighted by atomic mass is 16.5. The van der Waals surface area contributed by atoms with Gasteiger partial charge in [-0.15, -0.1) is 0 Å². The number of aromatic nitrogens is 2. The first-order valence-corrected chi connectivity index (χ1v) is 3.84. The Morgan fingerprint density at radius 1 is 1.62 bits per heavy atom. The Balaban J connectivity index is 2.83. The smallest absolute Gasteiger partial charge is 0.379 e. The number of esters is 1. The van der Waals surface area contributed by atoms with E-state index < -0.39 is 11.8 Å². The molecule has 13 heavy (non-hydrogen) atoms. The minimum Gasteiger partial charge on any atom is -0.463 e. The normalized spacial score (nSPS) is 9.69. The average Bonchev–Trinajstić information content (AvgIpc) is 2.63. The van der Waals surface area contributed by atoms with E-state index in [0.29, 0.717) is 6.54 Å². The first-order valence-electron chi connectivity index (χ1n) is 3.84. The number of methoxy groups -OCH3 is 1. The third-order valence-corrected chi connectivity index (χ3v) is 1.59. The summed E-state index contributed by atoms with van der Waals surface area (Å²) in [5.41, 5.74) is 0.258. The monoisotopic (exact) mass is 182 g/mol. The van der Waals surface area contributed by atoms with E-state index in [1.165, 1.54) is 19.5 Å². The molecule has 5 heteroatoms. The number of carbonyl (C=O) groups is 2. The summed E-state index contributed by atoms with van der Waals surface area (Å²) in [5.74, 6) is -1.53. The zero-order valence-electron chi connectivity index (χ0n) is 7.48. The van der Waals surface area contributed by atoms with E-state index in [9.17, 15) is 9.59 Å². The van der Waals surface area contributed by atoms with Crippen molar-refractivity contribution in [2.24, 2.45) is 0 Å². The van der Waals surface area contributed by atoms with Crippen molar-refractivity contribution >= 4 is 11.8 Å². The zero-order chi connectivity index (χ0) is 9.84. The van der Waals surface area contributed by atoms with Crippen LogP contribution in [0.3, 0.4) is 0 Å². The molecule has 70 valence electrons. The van der Waals surface area contributed by atoms with Crippen molar-refractivity contribution in [3.8, 4) is 0 Å². The van der Waals surface area contributed by atoms with Gasteiger partial charge in [0.2, 0.25) is 0 Å². The van der Waals surface area contributed by atoms with Gasteiger partial charge in [-0.05, 0) is 6.92 Å². The van der Waals surface area contributed by atoms with Crippen LogP contribution >= 0.6 is 0 Å². The fourth-order valence-corrected chi connectivity index (χ4v) is 0.864. The summed E-state index contributed by atoms with van der Waals surface area (Å²) in [4.78, 5) is 22.0. The number of carbonyl (C=O) groups excluding carboxylic acids is 2. The summed E-state index contributed by atoms with van der Waals surface area (Å²) in [5, 5.41) is 3.86. The van der Waals surface area contributed by atoms with Crippen LogP contribution in [0.15, 0.2) is 12.4 Å². The first-order chi connectivity index (χ1) is 6.19. The van der Waals surface area contributed by atoms with Crippen molar-refractivity contribution in [3.63, 3.8) is 0 Å². The van der Waals surface area contributed by atoms with Gasteiger partial charge in [0.05, 0.1) is 18.9 Å². The summed E-state index contributed by atoms with van der Waals surface area (Å²) < 4.78 is 5.85. The molecule has 0 saturated heterocycles. The molecule has 0 N–H and O–H groups in total. The van der Waals surface area contributed by atoms with Crippen LogP contribution in [0.1, 0.15) is 17.3 Å². The maximum atomic E-state index is 11.2. The van der Waals surface area contributed by atoms with E-state index in [0.717, 1.165) is 0 Å². The Morgan fingerprint density at radius 2 is 2.31 bits per heavy atom. The van der Waals surface area contributed by atoms with Gasteiger partial charge in [-0.25, -0.2) is 4.79 Å². The number of hydrogen-bond donors (Lipinski definition) is 0. The van der Waals surface area contributed by atoms with Crippen molar-refractivity contribution in [1.29, 1.82) is 0 Å². The van der Waals surface area contributed by atoms with E-state index in [-0.39, 0.29) is 5.56 Å². The van der Waals surface area contributed by atoms with Crippen molar-refractivity contribution < 1.29 is 14.3 Å². The molecular formula is C8H10N2O3. The zero-order valence-corrected chi connectivity index (χ0v) is 7.48. The van der Waals surface area contributed by atoms with Crippen molar-refractivity contribution in [2.45, 2.75) is 13.5 Å². The van der Waals surface area contributed by atoms with E-state index in [1.807, 2.05) is 6.92 Å². The van der Waals surface area contributed by atoms with Gasteiger partial charge in [0.1, 0.15) is 0 Å². The largest absolute Gasteiger partial charge is 0.463 e. The molecule has 0 bridgehead atoms. The molecule has 0 unspecified atom stereocenters. The lowest BCUT2D eigenvalue weighted by molar-refractivity contribution is -0.135. The molecule has 0 saturated carbocycles. The van der Waals surface area contributed by atoms with Gasteiger partial charge in [0.25, 0.3) is 5.78 Å². The molecule has 0 aliphatic rings. The molecule has 0 spiro atoms. The number of aryl methyl sites for hydroxylation is 1. The second kappa shape index (κ2) is 3.84. The van der Waals surface area contributed by atoms with Gasteiger partial charge in [-0.2, -0.15) is 5.10 Å². The van der Waals surface area contributed by atoms with Crippen LogP contribution in [0.5, 0.6) is 0 Å². The Labute approximate surface area is 75.3 Å². The Kier molecular flexibility index (Phi) is 2.79. The highest BCUT2D eigenvalue weighted by Crippen LogP contribution is 2.00. The summed E-state index contributed by atoms with van der Waals surface area (Å²) in [6.45, 7) is 2.55. The van der Waals surface area contributed by atoms with E-state index in [4.69, 9.17) is 0 Å². The van der Waals surface area contributed by atoms with Crippen LogP contribution in [0.4, 0.5) is 0 Å². The highest BCUT2D eigenvalue weighted by Gasteiger charge is 2.17.